The van der Waals surface area contributed by atoms with Crippen LogP contribution in [0, 0.1) is 13.8 Å². The van der Waals surface area contributed by atoms with E-state index in [1.165, 1.54) is 10.9 Å². The molecular formula is C19H18N6O3S. The van der Waals surface area contributed by atoms with Crippen molar-refractivity contribution in [3.05, 3.63) is 71.3 Å². The zero-order chi connectivity index (χ0) is 20.6. The Morgan fingerprint density at radius 2 is 1.86 bits per heavy atom. The number of primary sulfonamides is 1. The van der Waals surface area contributed by atoms with E-state index in [4.69, 9.17) is 9.66 Å². The van der Waals surface area contributed by atoms with Crippen LogP contribution in [0.2, 0.25) is 0 Å². The number of hydrogen-bond donors (Lipinski definition) is 1. The average Bonchev–Trinajstić information content (AvgIpc) is 3.32. The summed E-state index contributed by atoms with van der Waals surface area (Å²) in [6.07, 6.45) is 1.96. The van der Waals surface area contributed by atoms with Crippen molar-refractivity contribution in [2.45, 2.75) is 25.2 Å². The normalized spacial score (nSPS) is 11.7. The lowest BCUT2D eigenvalue weighted by Crippen LogP contribution is -2.14. The standard InChI is InChI=1S/C19H18N6O3S/c1-12-8-13(2)17(29(20,26)27)10-16(12)19-22-18(24-28-19)9-14-11-21-25(23-14)15-6-4-3-5-7-15/h3-8,10-11H,9H2,1-2H3,(H2,20,26,27). The molecule has 0 amide bonds. The fourth-order valence-electron chi connectivity index (χ4n) is 3.03. The van der Waals surface area contributed by atoms with E-state index in [0.717, 1.165) is 11.3 Å². The lowest BCUT2D eigenvalue weighted by atomic mass is 10.1. The van der Waals surface area contributed by atoms with Crippen LogP contribution < -0.4 is 5.14 Å². The summed E-state index contributed by atoms with van der Waals surface area (Å²) in [5.41, 5.74) is 3.41. The number of nitrogens with two attached hydrogens (primary N) is 1. The van der Waals surface area contributed by atoms with Crippen molar-refractivity contribution >= 4 is 10.0 Å². The Morgan fingerprint density at radius 1 is 1.10 bits per heavy atom. The van der Waals surface area contributed by atoms with Gasteiger partial charge in [-0.3, -0.25) is 0 Å². The third-order valence-electron chi connectivity index (χ3n) is 4.39. The molecule has 2 aromatic heterocycles. The number of aromatic nitrogens is 5. The van der Waals surface area contributed by atoms with Gasteiger partial charge in [-0.2, -0.15) is 20.0 Å². The molecule has 0 radical (unpaired) electrons. The third-order valence-corrected chi connectivity index (χ3v) is 5.45. The molecule has 2 aromatic carbocycles. The Labute approximate surface area is 167 Å². The van der Waals surface area contributed by atoms with Crippen LogP contribution in [0.4, 0.5) is 0 Å². The second kappa shape index (κ2) is 7.22. The highest BCUT2D eigenvalue weighted by molar-refractivity contribution is 7.89. The number of para-hydroxylation sites is 1. The molecule has 10 heteroatoms. The maximum Gasteiger partial charge on any atom is 0.258 e. The number of aryl methyl sites for hydroxylation is 2. The molecule has 0 spiro atoms. The van der Waals surface area contributed by atoms with Crippen LogP contribution in [0.25, 0.3) is 17.1 Å². The summed E-state index contributed by atoms with van der Waals surface area (Å²) in [5, 5.41) is 18.0. The highest BCUT2D eigenvalue weighted by Crippen LogP contribution is 2.27. The summed E-state index contributed by atoms with van der Waals surface area (Å²) in [5.74, 6) is 0.634. The number of nitrogens with zero attached hydrogens (tertiary/aromatic N) is 5. The number of hydrogen-bond acceptors (Lipinski definition) is 7. The summed E-state index contributed by atoms with van der Waals surface area (Å²) in [6, 6.07) is 12.7. The maximum absolute atomic E-state index is 11.8. The molecular weight excluding hydrogens is 392 g/mol. The van der Waals surface area contributed by atoms with Crippen molar-refractivity contribution in [1.82, 2.24) is 25.1 Å². The molecule has 29 heavy (non-hydrogen) atoms. The minimum atomic E-state index is -3.86. The number of benzene rings is 2. The van der Waals surface area contributed by atoms with Crippen molar-refractivity contribution in [2.24, 2.45) is 5.14 Å². The second-order valence-corrected chi connectivity index (χ2v) is 8.16. The van der Waals surface area contributed by atoms with Crippen LogP contribution in [0.3, 0.4) is 0 Å². The minimum absolute atomic E-state index is 0.0312. The van der Waals surface area contributed by atoms with E-state index in [9.17, 15) is 8.42 Å². The highest BCUT2D eigenvalue weighted by Gasteiger charge is 2.19. The SMILES string of the molecule is Cc1cc(C)c(S(N)(=O)=O)cc1-c1nc(Cc2cnn(-c3ccccc3)n2)no1. The van der Waals surface area contributed by atoms with Gasteiger partial charge in [0.15, 0.2) is 5.82 Å². The van der Waals surface area contributed by atoms with Gasteiger partial charge in [0.05, 0.1) is 28.9 Å². The molecule has 0 aliphatic carbocycles. The topological polar surface area (TPSA) is 130 Å². The first-order valence-electron chi connectivity index (χ1n) is 8.75. The monoisotopic (exact) mass is 410 g/mol. The Morgan fingerprint density at radius 3 is 2.59 bits per heavy atom. The van der Waals surface area contributed by atoms with E-state index in [-0.39, 0.29) is 10.8 Å². The summed E-state index contributed by atoms with van der Waals surface area (Å²) in [6.45, 7) is 3.52. The summed E-state index contributed by atoms with van der Waals surface area (Å²) < 4.78 is 29.0. The van der Waals surface area contributed by atoms with E-state index < -0.39 is 10.0 Å². The van der Waals surface area contributed by atoms with Crippen LogP contribution >= 0.6 is 0 Å². The van der Waals surface area contributed by atoms with E-state index in [1.807, 2.05) is 37.3 Å². The first-order valence-corrected chi connectivity index (χ1v) is 10.3. The molecule has 4 aromatic rings. The Kier molecular flexibility index (Phi) is 4.73. The largest absolute Gasteiger partial charge is 0.334 e. The molecule has 0 atom stereocenters. The zero-order valence-corrected chi connectivity index (χ0v) is 16.6. The summed E-state index contributed by atoms with van der Waals surface area (Å²) in [7, 11) is -3.86. The number of rotatable bonds is 5. The maximum atomic E-state index is 11.8. The van der Waals surface area contributed by atoms with Gasteiger partial charge in [0.25, 0.3) is 5.89 Å². The molecule has 0 saturated heterocycles. The van der Waals surface area contributed by atoms with Gasteiger partial charge < -0.3 is 4.52 Å². The molecule has 2 heterocycles. The minimum Gasteiger partial charge on any atom is -0.334 e. The summed E-state index contributed by atoms with van der Waals surface area (Å²) >= 11 is 0. The third kappa shape index (κ3) is 3.93. The van der Waals surface area contributed by atoms with Crippen LogP contribution in [0.5, 0.6) is 0 Å². The highest BCUT2D eigenvalue weighted by atomic mass is 32.2. The van der Waals surface area contributed by atoms with Crippen molar-refractivity contribution in [1.29, 1.82) is 0 Å². The van der Waals surface area contributed by atoms with Crippen molar-refractivity contribution in [3.63, 3.8) is 0 Å². The quantitative estimate of drug-likeness (QED) is 0.533. The molecule has 0 aliphatic heterocycles. The van der Waals surface area contributed by atoms with E-state index >= 15 is 0 Å². The molecule has 148 valence electrons. The van der Waals surface area contributed by atoms with Crippen LogP contribution in [-0.4, -0.2) is 33.6 Å². The first-order chi connectivity index (χ1) is 13.8. The zero-order valence-electron chi connectivity index (χ0n) is 15.8. The molecule has 4 rings (SSSR count). The van der Waals surface area contributed by atoms with Gasteiger partial charge in [0.2, 0.25) is 10.0 Å². The smallest absolute Gasteiger partial charge is 0.258 e. The van der Waals surface area contributed by atoms with Crippen LogP contribution in [0.15, 0.2) is 58.1 Å². The Hall–Kier alpha value is -3.37. The molecule has 2 N–H and O–H groups in total. The van der Waals surface area contributed by atoms with E-state index in [2.05, 4.69) is 20.3 Å². The van der Waals surface area contributed by atoms with E-state index in [1.54, 1.807) is 19.2 Å². The number of sulfonamides is 1. The van der Waals surface area contributed by atoms with Crippen LogP contribution in [0.1, 0.15) is 22.6 Å². The van der Waals surface area contributed by atoms with E-state index in [0.29, 0.717) is 29.1 Å². The molecule has 0 fully saturated rings. The van der Waals surface area contributed by atoms with Crippen molar-refractivity contribution < 1.29 is 12.9 Å². The molecule has 9 nitrogen and oxygen atoms in total. The van der Waals surface area contributed by atoms with Crippen LogP contribution in [-0.2, 0) is 16.4 Å². The van der Waals surface area contributed by atoms with Crippen molar-refractivity contribution in [3.8, 4) is 17.1 Å². The molecule has 0 aliphatic rings. The molecule has 0 saturated carbocycles. The molecule has 0 bridgehead atoms. The van der Waals surface area contributed by atoms with Gasteiger partial charge in [-0.05, 0) is 43.2 Å². The van der Waals surface area contributed by atoms with Gasteiger partial charge in [0, 0.05) is 5.56 Å². The van der Waals surface area contributed by atoms with Gasteiger partial charge in [0.1, 0.15) is 0 Å². The van der Waals surface area contributed by atoms with Crippen molar-refractivity contribution in [2.75, 3.05) is 0 Å². The molecule has 0 unspecified atom stereocenters. The Bertz CT molecular complexity index is 1280. The van der Waals surface area contributed by atoms with Gasteiger partial charge >= 0.3 is 0 Å². The predicted octanol–water partition coefficient (Wildman–Crippen LogP) is 2.17. The average molecular weight is 410 g/mol. The van der Waals surface area contributed by atoms with Gasteiger partial charge in [-0.25, -0.2) is 13.6 Å². The predicted molar refractivity (Wildman–Crippen MR) is 105 cm³/mol. The lowest BCUT2D eigenvalue weighted by Gasteiger charge is -2.08. The second-order valence-electron chi connectivity index (χ2n) is 6.63. The van der Waals surface area contributed by atoms with Gasteiger partial charge in [-0.15, -0.1) is 0 Å². The summed E-state index contributed by atoms with van der Waals surface area (Å²) in [4.78, 5) is 5.94. The fraction of sp³-hybridized carbons (Fsp3) is 0.158. The fourth-order valence-corrected chi connectivity index (χ4v) is 3.82. The lowest BCUT2D eigenvalue weighted by molar-refractivity contribution is 0.423. The first kappa shape index (κ1) is 19.0. The Balaban J connectivity index is 1.61. The van der Waals surface area contributed by atoms with Gasteiger partial charge in [-0.1, -0.05) is 29.4 Å².